The van der Waals surface area contributed by atoms with Crippen LogP contribution in [-0.2, 0) is 6.54 Å². The molecule has 3 rings (SSSR count). The fraction of sp³-hybridized carbons (Fsp3) is 0.273. The van der Waals surface area contributed by atoms with Crippen LogP contribution >= 0.6 is 11.6 Å². The number of hydrogen-bond donors (Lipinski definition) is 1. The second kappa shape index (κ2) is 10.6. The molecular formula is C22H24ClN5O3. The third-order valence-electron chi connectivity index (χ3n) is 4.51. The summed E-state index contributed by atoms with van der Waals surface area (Å²) < 4.78 is 10.9. The van der Waals surface area contributed by atoms with Crippen LogP contribution in [0.3, 0.4) is 0 Å². The van der Waals surface area contributed by atoms with Gasteiger partial charge in [-0.25, -0.2) is 15.0 Å². The predicted molar refractivity (Wildman–Crippen MR) is 119 cm³/mol. The van der Waals surface area contributed by atoms with Gasteiger partial charge in [0.25, 0.3) is 5.91 Å². The summed E-state index contributed by atoms with van der Waals surface area (Å²) in [7, 11) is 1.60. The van der Waals surface area contributed by atoms with Crippen LogP contribution in [0.25, 0.3) is 0 Å². The van der Waals surface area contributed by atoms with Crippen molar-refractivity contribution in [3.05, 3.63) is 65.1 Å². The molecule has 0 unspecified atom stereocenters. The number of nitrogens with one attached hydrogen (secondary N) is 1. The summed E-state index contributed by atoms with van der Waals surface area (Å²) >= 11 is 6.14. The van der Waals surface area contributed by atoms with E-state index in [-0.39, 0.29) is 23.2 Å². The number of carbonyl (C=O) groups is 1. The molecule has 0 bridgehead atoms. The Morgan fingerprint density at radius 1 is 1.10 bits per heavy atom. The van der Waals surface area contributed by atoms with Gasteiger partial charge in [-0.1, -0.05) is 23.7 Å². The number of nitrogens with zero attached hydrogens (tertiary/aromatic N) is 4. The van der Waals surface area contributed by atoms with E-state index in [1.807, 2.05) is 43.0 Å². The van der Waals surface area contributed by atoms with E-state index in [4.69, 9.17) is 21.1 Å². The molecule has 0 aliphatic rings. The minimum Gasteiger partial charge on any atom is -0.497 e. The maximum atomic E-state index is 12.6. The summed E-state index contributed by atoms with van der Waals surface area (Å²) in [6.45, 7) is 5.72. The summed E-state index contributed by atoms with van der Waals surface area (Å²) in [4.78, 5) is 27.4. The van der Waals surface area contributed by atoms with Crippen LogP contribution in [0, 0.1) is 0 Å². The lowest BCUT2D eigenvalue weighted by atomic mass is 10.2. The topological polar surface area (TPSA) is 89.5 Å². The molecule has 9 heteroatoms. The Morgan fingerprint density at radius 2 is 1.87 bits per heavy atom. The third kappa shape index (κ3) is 5.82. The van der Waals surface area contributed by atoms with Gasteiger partial charge >= 0.3 is 0 Å². The van der Waals surface area contributed by atoms with Gasteiger partial charge in [-0.15, -0.1) is 0 Å². The Hall–Kier alpha value is -3.39. The van der Waals surface area contributed by atoms with E-state index < -0.39 is 0 Å². The number of benzene rings is 1. The van der Waals surface area contributed by atoms with Gasteiger partial charge in [-0.2, -0.15) is 0 Å². The van der Waals surface area contributed by atoms with E-state index in [0.29, 0.717) is 23.3 Å². The lowest BCUT2D eigenvalue weighted by Gasteiger charge is -2.19. The zero-order valence-corrected chi connectivity index (χ0v) is 18.4. The molecule has 1 aromatic carbocycles. The number of pyridine rings is 1. The fourth-order valence-corrected chi connectivity index (χ4v) is 2.98. The van der Waals surface area contributed by atoms with Crippen molar-refractivity contribution in [3.8, 4) is 17.4 Å². The summed E-state index contributed by atoms with van der Waals surface area (Å²) in [5.74, 6) is 1.85. The van der Waals surface area contributed by atoms with Gasteiger partial charge in [0.15, 0.2) is 5.69 Å². The third-order valence-corrected chi connectivity index (χ3v) is 4.78. The number of anilines is 1. The molecule has 0 aliphatic heterocycles. The van der Waals surface area contributed by atoms with Crippen LogP contribution in [0.1, 0.15) is 29.9 Å². The Labute approximate surface area is 186 Å². The first-order chi connectivity index (χ1) is 15.0. The van der Waals surface area contributed by atoms with Gasteiger partial charge in [0.05, 0.1) is 18.3 Å². The molecule has 2 heterocycles. The maximum Gasteiger partial charge on any atom is 0.271 e. The van der Waals surface area contributed by atoms with Crippen molar-refractivity contribution < 1.29 is 14.3 Å². The lowest BCUT2D eigenvalue weighted by Crippen LogP contribution is -2.28. The van der Waals surface area contributed by atoms with Crippen LogP contribution in [0.15, 0.2) is 48.8 Å². The predicted octanol–water partition coefficient (Wildman–Crippen LogP) is 4.10. The fourth-order valence-electron chi connectivity index (χ4n) is 2.80. The van der Waals surface area contributed by atoms with Crippen LogP contribution < -0.4 is 19.7 Å². The van der Waals surface area contributed by atoms with Gasteiger partial charge in [0.2, 0.25) is 11.8 Å². The summed E-state index contributed by atoms with van der Waals surface area (Å²) in [6.07, 6.45) is 3.09. The molecule has 0 radical (unpaired) electrons. The summed E-state index contributed by atoms with van der Waals surface area (Å²) in [6, 6.07) is 10.8. The Morgan fingerprint density at radius 3 is 2.55 bits per heavy atom. The molecule has 0 atom stereocenters. The van der Waals surface area contributed by atoms with Crippen LogP contribution in [0.4, 0.5) is 5.95 Å². The standard InChI is InChI=1S/C22H24ClN5O3/c1-4-28(5-2)22-26-14-18(23)20(27-22)21(29)25-13-15-9-10-19(24-12-15)31-17-8-6-7-16(11-17)30-3/h6-12,14H,4-5,13H2,1-3H3,(H,25,29). The van der Waals surface area contributed by atoms with Crippen molar-refractivity contribution in [3.63, 3.8) is 0 Å². The highest BCUT2D eigenvalue weighted by molar-refractivity contribution is 6.33. The maximum absolute atomic E-state index is 12.6. The lowest BCUT2D eigenvalue weighted by molar-refractivity contribution is 0.0946. The smallest absolute Gasteiger partial charge is 0.271 e. The van der Waals surface area contributed by atoms with Crippen LogP contribution in [-0.4, -0.2) is 41.1 Å². The Bertz CT molecular complexity index is 1030. The zero-order valence-electron chi connectivity index (χ0n) is 17.6. The van der Waals surface area contributed by atoms with Crippen molar-refractivity contribution >= 4 is 23.5 Å². The van der Waals surface area contributed by atoms with E-state index in [0.717, 1.165) is 18.7 Å². The Kier molecular flexibility index (Phi) is 7.61. The summed E-state index contributed by atoms with van der Waals surface area (Å²) in [5, 5.41) is 3.02. The molecule has 0 saturated carbocycles. The van der Waals surface area contributed by atoms with Gasteiger partial charge in [-0.05, 0) is 31.5 Å². The minimum absolute atomic E-state index is 0.143. The number of methoxy groups -OCH3 is 1. The van der Waals surface area contributed by atoms with E-state index in [1.165, 1.54) is 6.20 Å². The second-order valence-corrected chi connectivity index (χ2v) is 6.91. The molecule has 8 nitrogen and oxygen atoms in total. The molecule has 31 heavy (non-hydrogen) atoms. The van der Waals surface area contributed by atoms with Crippen molar-refractivity contribution in [2.75, 3.05) is 25.1 Å². The number of hydrogen-bond acceptors (Lipinski definition) is 7. The van der Waals surface area contributed by atoms with Crippen molar-refractivity contribution in [2.45, 2.75) is 20.4 Å². The van der Waals surface area contributed by atoms with E-state index in [2.05, 4.69) is 20.3 Å². The largest absolute Gasteiger partial charge is 0.497 e. The number of amides is 1. The first kappa shape index (κ1) is 22.3. The van der Waals surface area contributed by atoms with Gasteiger partial charge in [0.1, 0.15) is 11.5 Å². The monoisotopic (exact) mass is 441 g/mol. The summed E-state index contributed by atoms with van der Waals surface area (Å²) in [5.41, 5.74) is 0.949. The van der Waals surface area contributed by atoms with Crippen LogP contribution in [0.5, 0.6) is 17.4 Å². The average molecular weight is 442 g/mol. The molecule has 3 aromatic rings. The molecule has 0 aliphatic carbocycles. The molecule has 0 spiro atoms. The molecule has 2 aromatic heterocycles. The van der Waals surface area contributed by atoms with E-state index in [9.17, 15) is 4.79 Å². The van der Waals surface area contributed by atoms with Gasteiger partial charge in [-0.3, -0.25) is 4.79 Å². The molecule has 1 amide bonds. The van der Waals surface area contributed by atoms with Crippen molar-refractivity contribution in [1.82, 2.24) is 20.3 Å². The van der Waals surface area contributed by atoms with Crippen molar-refractivity contribution in [1.29, 1.82) is 0 Å². The van der Waals surface area contributed by atoms with Crippen LogP contribution in [0.2, 0.25) is 5.02 Å². The van der Waals surface area contributed by atoms with E-state index in [1.54, 1.807) is 25.4 Å². The molecule has 162 valence electrons. The molecule has 0 saturated heterocycles. The highest BCUT2D eigenvalue weighted by Gasteiger charge is 2.16. The number of halogens is 1. The normalized spacial score (nSPS) is 10.5. The highest BCUT2D eigenvalue weighted by atomic mass is 35.5. The van der Waals surface area contributed by atoms with E-state index >= 15 is 0 Å². The quantitative estimate of drug-likeness (QED) is 0.534. The number of aromatic nitrogens is 3. The number of ether oxygens (including phenoxy) is 2. The Balaban J connectivity index is 1.62. The highest BCUT2D eigenvalue weighted by Crippen LogP contribution is 2.24. The second-order valence-electron chi connectivity index (χ2n) is 6.51. The van der Waals surface area contributed by atoms with Gasteiger partial charge in [0, 0.05) is 38.0 Å². The average Bonchev–Trinajstić information content (AvgIpc) is 2.80. The molecular weight excluding hydrogens is 418 g/mol. The minimum atomic E-state index is -0.377. The first-order valence-electron chi connectivity index (χ1n) is 9.86. The molecule has 0 fully saturated rings. The zero-order chi connectivity index (χ0) is 22.2. The first-order valence-corrected chi connectivity index (χ1v) is 10.2. The SMILES string of the molecule is CCN(CC)c1ncc(Cl)c(C(=O)NCc2ccc(Oc3cccc(OC)c3)nc2)n1. The van der Waals surface area contributed by atoms with Gasteiger partial charge < -0.3 is 19.7 Å². The van der Waals surface area contributed by atoms with Crippen molar-refractivity contribution in [2.24, 2.45) is 0 Å². The number of carbonyl (C=O) groups excluding carboxylic acids is 1. The number of rotatable bonds is 9. The molecule has 1 N–H and O–H groups in total.